The Balaban J connectivity index is 1.74. The number of rotatable bonds is 6. The Morgan fingerprint density at radius 2 is 1.86 bits per heavy atom. The quantitative estimate of drug-likeness (QED) is 0.627. The number of nitrogens with zero attached hydrogens (tertiary/aromatic N) is 4. The molecule has 148 valence electrons. The molecule has 0 unspecified atom stereocenters. The molecule has 0 aliphatic carbocycles. The molecule has 3 rings (SSSR count). The lowest BCUT2D eigenvalue weighted by molar-refractivity contribution is -0.129. The molecule has 2 aromatic heterocycles. The second-order valence-corrected chi connectivity index (χ2v) is 7.53. The highest BCUT2D eigenvalue weighted by Crippen LogP contribution is 2.21. The molecule has 0 saturated heterocycles. The van der Waals surface area contributed by atoms with Gasteiger partial charge < -0.3 is 9.42 Å². The summed E-state index contributed by atoms with van der Waals surface area (Å²) in [6, 6.07) is 7.76. The van der Waals surface area contributed by atoms with E-state index in [2.05, 4.69) is 10.3 Å². The van der Waals surface area contributed by atoms with E-state index in [1.54, 1.807) is 4.90 Å². The molecule has 2 heterocycles. The van der Waals surface area contributed by atoms with Crippen LogP contribution in [0.4, 0.5) is 0 Å². The van der Waals surface area contributed by atoms with Gasteiger partial charge in [-0.15, -0.1) is 0 Å². The predicted octanol–water partition coefficient (Wildman–Crippen LogP) is 4.01. The van der Waals surface area contributed by atoms with E-state index < -0.39 is 0 Å². The monoisotopic (exact) mass is 400 g/mol. The van der Waals surface area contributed by atoms with E-state index in [0.717, 1.165) is 38.8 Å². The van der Waals surface area contributed by atoms with Crippen molar-refractivity contribution < 1.29 is 9.32 Å². The Labute approximate surface area is 170 Å². The summed E-state index contributed by atoms with van der Waals surface area (Å²) in [5.74, 6) is 0.714. The number of carbonyl (C=O) groups is 1. The van der Waals surface area contributed by atoms with Crippen LogP contribution in [0.3, 0.4) is 0 Å². The van der Waals surface area contributed by atoms with Crippen LogP contribution in [0.2, 0.25) is 5.02 Å². The van der Waals surface area contributed by atoms with Crippen molar-refractivity contribution in [2.45, 2.75) is 47.2 Å². The summed E-state index contributed by atoms with van der Waals surface area (Å²) >= 11 is 6.29. The van der Waals surface area contributed by atoms with Crippen LogP contribution in [0.25, 0.3) is 0 Å². The fourth-order valence-corrected chi connectivity index (χ4v) is 3.47. The highest BCUT2D eigenvalue weighted by Gasteiger charge is 2.20. The number of likely N-dealkylation sites (N-methyl/N-ethyl adjacent to an activating group) is 1. The highest BCUT2D eigenvalue weighted by molar-refractivity contribution is 6.31. The zero-order chi connectivity index (χ0) is 20.4. The van der Waals surface area contributed by atoms with Crippen molar-refractivity contribution in [3.05, 3.63) is 68.8 Å². The van der Waals surface area contributed by atoms with Crippen LogP contribution in [-0.4, -0.2) is 32.8 Å². The van der Waals surface area contributed by atoms with Gasteiger partial charge in [0.1, 0.15) is 5.76 Å². The van der Waals surface area contributed by atoms with Gasteiger partial charge in [-0.25, -0.2) is 0 Å². The zero-order valence-corrected chi connectivity index (χ0v) is 17.7. The van der Waals surface area contributed by atoms with Crippen molar-refractivity contribution in [3.8, 4) is 0 Å². The second-order valence-electron chi connectivity index (χ2n) is 7.13. The summed E-state index contributed by atoms with van der Waals surface area (Å²) in [4.78, 5) is 14.4. The second kappa shape index (κ2) is 8.19. The Bertz CT molecular complexity index is 987. The molecular formula is C21H25ClN4O2. The SMILES string of the molecule is Cc1noc(C)c1CC(=O)N(C)Cc1c(C)nn(Cc2ccccc2Cl)c1C. The summed E-state index contributed by atoms with van der Waals surface area (Å²) in [5.41, 5.74) is 5.65. The van der Waals surface area contributed by atoms with Gasteiger partial charge in [0.2, 0.25) is 5.91 Å². The maximum atomic E-state index is 12.7. The molecule has 1 amide bonds. The molecule has 0 aliphatic heterocycles. The minimum absolute atomic E-state index is 0.0204. The smallest absolute Gasteiger partial charge is 0.227 e. The largest absolute Gasteiger partial charge is 0.361 e. The van der Waals surface area contributed by atoms with Gasteiger partial charge in [-0.1, -0.05) is 35.0 Å². The molecule has 0 radical (unpaired) electrons. The van der Waals surface area contributed by atoms with Crippen molar-refractivity contribution in [2.75, 3.05) is 7.05 Å². The first-order valence-electron chi connectivity index (χ1n) is 9.20. The summed E-state index contributed by atoms with van der Waals surface area (Å²) in [6.45, 7) is 8.78. The maximum Gasteiger partial charge on any atom is 0.227 e. The number of hydrogen-bond donors (Lipinski definition) is 0. The van der Waals surface area contributed by atoms with Gasteiger partial charge >= 0.3 is 0 Å². The van der Waals surface area contributed by atoms with Crippen molar-refractivity contribution >= 4 is 17.5 Å². The normalized spacial score (nSPS) is 11.1. The number of benzene rings is 1. The number of aryl methyl sites for hydroxylation is 3. The average Bonchev–Trinajstić information content (AvgIpc) is 3.11. The van der Waals surface area contributed by atoms with Crippen molar-refractivity contribution in [2.24, 2.45) is 0 Å². The molecule has 7 heteroatoms. The molecular weight excluding hydrogens is 376 g/mol. The molecule has 28 heavy (non-hydrogen) atoms. The first kappa shape index (κ1) is 20.1. The number of carbonyl (C=O) groups excluding carboxylic acids is 1. The molecule has 1 aromatic carbocycles. The third kappa shape index (κ3) is 4.12. The van der Waals surface area contributed by atoms with E-state index >= 15 is 0 Å². The fourth-order valence-electron chi connectivity index (χ4n) is 3.27. The molecule has 6 nitrogen and oxygen atoms in total. The Morgan fingerprint density at radius 3 is 2.50 bits per heavy atom. The van der Waals surface area contributed by atoms with Crippen LogP contribution in [-0.2, 0) is 24.3 Å². The van der Waals surface area contributed by atoms with Crippen LogP contribution < -0.4 is 0 Å². The standard InChI is InChI=1S/C21H25ClN4O2/c1-13-19(12-25(5)21(27)10-18-14(2)24-28-16(18)4)15(3)26(23-13)11-17-8-6-7-9-20(17)22/h6-9H,10-12H2,1-5H3. The van der Waals surface area contributed by atoms with Gasteiger partial charge in [-0.2, -0.15) is 5.10 Å². The van der Waals surface area contributed by atoms with E-state index in [-0.39, 0.29) is 12.3 Å². The average molecular weight is 401 g/mol. The first-order chi connectivity index (χ1) is 13.3. The maximum absolute atomic E-state index is 12.7. The van der Waals surface area contributed by atoms with Gasteiger partial charge in [-0.05, 0) is 39.3 Å². The van der Waals surface area contributed by atoms with Gasteiger partial charge in [0, 0.05) is 35.4 Å². The summed E-state index contributed by atoms with van der Waals surface area (Å²) < 4.78 is 7.10. The van der Waals surface area contributed by atoms with Crippen LogP contribution in [0.15, 0.2) is 28.8 Å². The minimum atomic E-state index is 0.0204. The minimum Gasteiger partial charge on any atom is -0.361 e. The number of amides is 1. The third-order valence-corrected chi connectivity index (χ3v) is 5.51. The van der Waals surface area contributed by atoms with E-state index in [0.29, 0.717) is 18.8 Å². The predicted molar refractivity (Wildman–Crippen MR) is 108 cm³/mol. The molecule has 0 atom stereocenters. The van der Waals surface area contributed by atoms with Crippen molar-refractivity contribution in [1.29, 1.82) is 0 Å². The third-order valence-electron chi connectivity index (χ3n) is 5.14. The molecule has 0 saturated carbocycles. The van der Waals surface area contributed by atoms with Crippen LogP contribution in [0.5, 0.6) is 0 Å². The van der Waals surface area contributed by atoms with Gasteiger partial charge in [0.05, 0.1) is 24.4 Å². The van der Waals surface area contributed by atoms with Gasteiger partial charge in [0.15, 0.2) is 0 Å². The van der Waals surface area contributed by atoms with Crippen LogP contribution >= 0.6 is 11.6 Å². The first-order valence-corrected chi connectivity index (χ1v) is 9.57. The van der Waals surface area contributed by atoms with E-state index in [1.807, 2.05) is 63.7 Å². The molecule has 0 fully saturated rings. The number of halogens is 1. The van der Waals surface area contributed by atoms with Crippen LogP contribution in [0.1, 0.15) is 39.5 Å². The van der Waals surface area contributed by atoms with Crippen LogP contribution in [0, 0.1) is 27.7 Å². The lowest BCUT2D eigenvalue weighted by Gasteiger charge is -2.17. The molecule has 0 aliphatic rings. The topological polar surface area (TPSA) is 64.2 Å². The molecule has 0 spiro atoms. The molecule has 0 bridgehead atoms. The Hall–Kier alpha value is -2.60. The molecule has 0 N–H and O–H groups in total. The van der Waals surface area contributed by atoms with Gasteiger partial charge in [0.25, 0.3) is 0 Å². The number of hydrogen-bond acceptors (Lipinski definition) is 4. The van der Waals surface area contributed by atoms with E-state index in [4.69, 9.17) is 16.1 Å². The summed E-state index contributed by atoms with van der Waals surface area (Å²) in [6.07, 6.45) is 0.281. The lowest BCUT2D eigenvalue weighted by atomic mass is 10.1. The molecule has 3 aromatic rings. The zero-order valence-electron chi connectivity index (χ0n) is 16.9. The Kier molecular flexibility index (Phi) is 5.89. The fraction of sp³-hybridized carbons (Fsp3) is 0.381. The van der Waals surface area contributed by atoms with Gasteiger partial charge in [-0.3, -0.25) is 9.48 Å². The lowest BCUT2D eigenvalue weighted by Crippen LogP contribution is -2.28. The van der Waals surface area contributed by atoms with Crippen molar-refractivity contribution in [1.82, 2.24) is 19.8 Å². The number of aromatic nitrogens is 3. The highest BCUT2D eigenvalue weighted by atomic mass is 35.5. The summed E-state index contributed by atoms with van der Waals surface area (Å²) in [5, 5.41) is 9.30. The van der Waals surface area contributed by atoms with E-state index in [1.165, 1.54) is 0 Å². The summed E-state index contributed by atoms with van der Waals surface area (Å²) in [7, 11) is 1.81. The van der Waals surface area contributed by atoms with E-state index in [9.17, 15) is 4.79 Å². The van der Waals surface area contributed by atoms with Crippen molar-refractivity contribution in [3.63, 3.8) is 0 Å². The Morgan fingerprint density at radius 1 is 1.14 bits per heavy atom.